The highest BCUT2D eigenvalue weighted by molar-refractivity contribution is 8.03. The lowest BCUT2D eigenvalue weighted by Gasteiger charge is -2.29. The molecule has 0 aromatic heterocycles. The van der Waals surface area contributed by atoms with Crippen molar-refractivity contribution in [3.63, 3.8) is 0 Å². The maximum absolute atomic E-state index is 2.28. The first-order valence-electron chi connectivity index (χ1n) is 5.85. The smallest absolute Gasteiger partial charge is 0.0550 e. The number of rotatable bonds is 0. The topological polar surface area (TPSA) is 3.24 Å². The average molecular weight is 241 g/mol. The van der Waals surface area contributed by atoms with Crippen LogP contribution in [0.4, 0.5) is 5.69 Å². The van der Waals surface area contributed by atoms with Gasteiger partial charge in [0.05, 0.1) is 11.4 Å². The van der Waals surface area contributed by atoms with Crippen molar-refractivity contribution >= 4 is 17.4 Å². The number of anilines is 1. The van der Waals surface area contributed by atoms with Gasteiger partial charge in [-0.1, -0.05) is 30.0 Å². The Hall–Kier alpha value is -1.41. The van der Waals surface area contributed by atoms with Crippen molar-refractivity contribution in [3.05, 3.63) is 58.7 Å². The Morgan fingerprint density at radius 2 is 2.00 bits per heavy atom. The zero-order chi connectivity index (χ0) is 11.8. The molecule has 86 valence electrons. The summed E-state index contributed by atoms with van der Waals surface area (Å²) in [6.07, 6.45) is 9.93. The molecule has 1 aliphatic heterocycles. The van der Waals surface area contributed by atoms with Gasteiger partial charge in [0.2, 0.25) is 0 Å². The highest BCUT2D eigenvalue weighted by Crippen LogP contribution is 2.44. The maximum Gasteiger partial charge on any atom is 0.0550 e. The minimum Gasteiger partial charge on any atom is -0.343 e. The molecule has 0 radical (unpaired) electrons. The molecule has 0 spiro atoms. The average Bonchev–Trinajstić information content (AvgIpc) is 2.54. The van der Waals surface area contributed by atoms with Crippen LogP contribution < -0.4 is 4.90 Å². The number of likely N-dealkylation sites (N-methyl/N-ethyl adjacent to an activating group) is 1. The SMILES string of the molecule is Cc1ccc2c(c1)SC1=C(C=CCC=C1)N2C. The van der Waals surface area contributed by atoms with Gasteiger partial charge in [0.25, 0.3) is 0 Å². The molecular formula is C15H15NS. The fourth-order valence-corrected chi connectivity index (χ4v) is 3.46. The molecule has 1 aromatic carbocycles. The molecule has 0 unspecified atom stereocenters. The van der Waals surface area contributed by atoms with Crippen molar-refractivity contribution < 1.29 is 0 Å². The Balaban J connectivity index is 2.13. The zero-order valence-electron chi connectivity index (χ0n) is 10.1. The summed E-state index contributed by atoms with van der Waals surface area (Å²) in [6, 6.07) is 6.66. The van der Waals surface area contributed by atoms with Crippen LogP contribution in [0.5, 0.6) is 0 Å². The number of nitrogens with zero attached hydrogens (tertiary/aromatic N) is 1. The van der Waals surface area contributed by atoms with Crippen LogP contribution in [0, 0.1) is 6.92 Å². The Bertz CT molecular complexity index is 552. The van der Waals surface area contributed by atoms with Crippen molar-refractivity contribution in [1.82, 2.24) is 0 Å². The molecule has 1 nitrogen and oxygen atoms in total. The van der Waals surface area contributed by atoms with Gasteiger partial charge < -0.3 is 4.90 Å². The molecule has 1 aliphatic carbocycles. The Kier molecular flexibility index (Phi) is 2.60. The van der Waals surface area contributed by atoms with E-state index in [1.807, 2.05) is 11.8 Å². The first-order valence-corrected chi connectivity index (χ1v) is 6.67. The lowest BCUT2D eigenvalue weighted by molar-refractivity contribution is 1.08. The van der Waals surface area contributed by atoms with E-state index in [-0.39, 0.29) is 0 Å². The second-order valence-electron chi connectivity index (χ2n) is 4.42. The van der Waals surface area contributed by atoms with E-state index in [4.69, 9.17) is 0 Å². The molecule has 0 atom stereocenters. The summed E-state index contributed by atoms with van der Waals surface area (Å²) in [5.41, 5.74) is 3.93. The highest BCUT2D eigenvalue weighted by Gasteiger charge is 2.20. The van der Waals surface area contributed by atoms with Gasteiger partial charge >= 0.3 is 0 Å². The van der Waals surface area contributed by atoms with Crippen molar-refractivity contribution in [2.24, 2.45) is 0 Å². The van der Waals surface area contributed by atoms with Crippen LogP contribution in [0.1, 0.15) is 12.0 Å². The third-order valence-corrected chi connectivity index (χ3v) is 4.24. The van der Waals surface area contributed by atoms with Crippen molar-refractivity contribution in [1.29, 1.82) is 0 Å². The van der Waals surface area contributed by atoms with Crippen molar-refractivity contribution in [2.75, 3.05) is 11.9 Å². The normalized spacial score (nSPS) is 17.9. The third kappa shape index (κ3) is 1.83. The first-order chi connectivity index (χ1) is 8.25. The lowest BCUT2D eigenvalue weighted by atomic mass is 10.2. The quantitative estimate of drug-likeness (QED) is 0.667. The van der Waals surface area contributed by atoms with E-state index in [1.165, 1.54) is 26.7 Å². The second kappa shape index (κ2) is 4.11. The predicted octanol–water partition coefficient (Wildman–Crippen LogP) is 4.26. The van der Waals surface area contributed by atoms with Crippen molar-refractivity contribution in [3.8, 4) is 0 Å². The summed E-state index contributed by atoms with van der Waals surface area (Å²) >= 11 is 1.87. The fraction of sp³-hybridized carbons (Fsp3) is 0.200. The molecule has 0 bridgehead atoms. The summed E-state index contributed by atoms with van der Waals surface area (Å²) in [5, 5.41) is 0. The minimum absolute atomic E-state index is 1.02. The Labute approximate surface area is 107 Å². The molecule has 0 fully saturated rings. The molecule has 3 rings (SSSR count). The van der Waals surface area contributed by atoms with Gasteiger partial charge in [-0.05, 0) is 43.2 Å². The van der Waals surface area contributed by atoms with Crippen LogP contribution in [-0.2, 0) is 0 Å². The molecule has 0 amide bonds. The van der Waals surface area contributed by atoms with Crippen LogP contribution in [0.25, 0.3) is 0 Å². The summed E-state index contributed by atoms with van der Waals surface area (Å²) in [5.74, 6) is 0. The van der Waals surface area contributed by atoms with Crippen LogP contribution in [0.3, 0.4) is 0 Å². The standard InChI is InChI=1S/C15H15NS/c1-11-8-9-13-15(10-11)17-14-7-5-3-4-6-12(14)16(13)2/h4-10H,3H2,1-2H3. The van der Waals surface area contributed by atoms with Crippen molar-refractivity contribution in [2.45, 2.75) is 18.2 Å². The zero-order valence-corrected chi connectivity index (χ0v) is 10.9. The number of aryl methyl sites for hydroxylation is 1. The van der Waals surface area contributed by atoms with Gasteiger partial charge in [0.1, 0.15) is 0 Å². The monoisotopic (exact) mass is 241 g/mol. The van der Waals surface area contributed by atoms with E-state index in [9.17, 15) is 0 Å². The van der Waals surface area contributed by atoms with E-state index in [0.29, 0.717) is 0 Å². The largest absolute Gasteiger partial charge is 0.343 e. The van der Waals surface area contributed by atoms with E-state index in [1.54, 1.807) is 0 Å². The number of fused-ring (bicyclic) bond motifs is 1. The number of allylic oxidation sites excluding steroid dienone is 4. The molecule has 0 saturated heterocycles. The maximum atomic E-state index is 2.28. The van der Waals surface area contributed by atoms with Crippen LogP contribution in [-0.4, -0.2) is 7.05 Å². The van der Waals surface area contributed by atoms with Crippen LogP contribution >= 0.6 is 11.8 Å². The van der Waals surface area contributed by atoms with Gasteiger partial charge in [-0.3, -0.25) is 0 Å². The number of benzene rings is 1. The van der Waals surface area contributed by atoms with E-state index < -0.39 is 0 Å². The molecule has 17 heavy (non-hydrogen) atoms. The van der Waals surface area contributed by atoms with Gasteiger partial charge in [0, 0.05) is 16.8 Å². The van der Waals surface area contributed by atoms with Gasteiger partial charge in [-0.15, -0.1) is 0 Å². The summed E-state index contributed by atoms with van der Waals surface area (Å²) in [4.78, 5) is 4.98. The molecule has 0 saturated carbocycles. The van der Waals surface area contributed by atoms with E-state index in [2.05, 4.69) is 61.4 Å². The van der Waals surface area contributed by atoms with Gasteiger partial charge in [-0.2, -0.15) is 0 Å². The Morgan fingerprint density at radius 3 is 2.88 bits per heavy atom. The Morgan fingerprint density at radius 1 is 1.18 bits per heavy atom. The molecule has 1 aromatic rings. The molecular weight excluding hydrogens is 226 g/mol. The van der Waals surface area contributed by atoms with Gasteiger partial charge in [-0.25, -0.2) is 0 Å². The lowest BCUT2D eigenvalue weighted by Crippen LogP contribution is -2.19. The third-order valence-electron chi connectivity index (χ3n) is 3.13. The summed E-state index contributed by atoms with van der Waals surface area (Å²) < 4.78 is 0. The number of hydrogen-bond acceptors (Lipinski definition) is 2. The molecule has 2 heteroatoms. The minimum atomic E-state index is 1.02. The molecule has 0 N–H and O–H groups in total. The van der Waals surface area contributed by atoms with E-state index in [0.717, 1.165) is 6.42 Å². The summed E-state index contributed by atoms with van der Waals surface area (Å²) in [6.45, 7) is 2.15. The predicted molar refractivity (Wildman–Crippen MR) is 75.4 cm³/mol. The molecule has 1 heterocycles. The highest BCUT2D eigenvalue weighted by atomic mass is 32.2. The molecule has 2 aliphatic rings. The van der Waals surface area contributed by atoms with E-state index >= 15 is 0 Å². The summed E-state index contributed by atoms with van der Waals surface area (Å²) in [7, 11) is 2.15. The number of thioether (sulfide) groups is 1. The number of hydrogen-bond donors (Lipinski definition) is 0. The van der Waals surface area contributed by atoms with Crippen LogP contribution in [0.2, 0.25) is 0 Å². The fourth-order valence-electron chi connectivity index (χ4n) is 2.19. The van der Waals surface area contributed by atoms with Gasteiger partial charge in [0.15, 0.2) is 0 Å². The first kappa shape index (κ1) is 10.7. The van der Waals surface area contributed by atoms with Crippen LogP contribution in [0.15, 0.2) is 58.0 Å². The second-order valence-corrected chi connectivity index (χ2v) is 5.51.